The minimum absolute atomic E-state index is 0.310. The van der Waals surface area contributed by atoms with Crippen molar-refractivity contribution in [3.8, 4) is 11.3 Å². The van der Waals surface area contributed by atoms with Gasteiger partial charge in [0.25, 0.3) is 0 Å². The second kappa shape index (κ2) is 5.21. The summed E-state index contributed by atoms with van der Waals surface area (Å²) in [5, 5.41) is 0.717. The standard InChI is InChI=1S/C14H15ClN2S/c1-8(2)13-16-12(9(3)14(18)17-13)10-5-4-6-11(15)7-10/h4-8H,1-3H3,(H,16,17,18). The fourth-order valence-electron chi connectivity index (χ4n) is 1.76. The zero-order chi connectivity index (χ0) is 13.3. The first-order valence-electron chi connectivity index (χ1n) is 5.86. The van der Waals surface area contributed by atoms with Gasteiger partial charge in [-0.05, 0) is 24.6 Å². The number of nitrogens with one attached hydrogen (secondary N) is 1. The molecule has 0 aliphatic carbocycles. The van der Waals surface area contributed by atoms with E-state index in [4.69, 9.17) is 23.8 Å². The molecule has 1 heterocycles. The summed E-state index contributed by atoms with van der Waals surface area (Å²) in [5.74, 6) is 1.21. The number of benzene rings is 1. The van der Waals surface area contributed by atoms with E-state index in [-0.39, 0.29) is 0 Å². The zero-order valence-corrected chi connectivity index (χ0v) is 12.2. The van der Waals surface area contributed by atoms with Crippen LogP contribution in [0.4, 0.5) is 0 Å². The number of hydrogen-bond acceptors (Lipinski definition) is 2. The van der Waals surface area contributed by atoms with Gasteiger partial charge < -0.3 is 4.98 Å². The topological polar surface area (TPSA) is 28.7 Å². The largest absolute Gasteiger partial charge is 0.343 e. The molecular formula is C14H15ClN2S. The molecule has 2 nitrogen and oxygen atoms in total. The molecule has 0 aliphatic heterocycles. The van der Waals surface area contributed by atoms with Gasteiger partial charge in [-0.25, -0.2) is 4.98 Å². The number of H-pyrrole nitrogens is 1. The van der Waals surface area contributed by atoms with Crippen molar-refractivity contribution in [3.63, 3.8) is 0 Å². The predicted molar refractivity (Wildman–Crippen MR) is 78.7 cm³/mol. The Balaban J connectivity index is 2.67. The first-order valence-corrected chi connectivity index (χ1v) is 6.64. The SMILES string of the molecule is Cc1c(-c2cccc(Cl)c2)[nH]c(C(C)C)nc1=S. The number of aromatic nitrogens is 2. The Morgan fingerprint density at radius 2 is 2.06 bits per heavy atom. The Bertz CT molecular complexity index is 632. The van der Waals surface area contributed by atoms with Gasteiger partial charge in [0.2, 0.25) is 0 Å². The predicted octanol–water partition coefficient (Wildman–Crippen LogP) is 4.89. The Morgan fingerprint density at radius 1 is 1.33 bits per heavy atom. The van der Waals surface area contributed by atoms with Crippen LogP contribution >= 0.6 is 23.8 Å². The van der Waals surface area contributed by atoms with Gasteiger partial charge in [0.1, 0.15) is 10.5 Å². The summed E-state index contributed by atoms with van der Waals surface area (Å²) in [4.78, 5) is 7.77. The van der Waals surface area contributed by atoms with Gasteiger partial charge in [-0.2, -0.15) is 0 Å². The van der Waals surface area contributed by atoms with Crippen LogP contribution < -0.4 is 0 Å². The van der Waals surface area contributed by atoms with E-state index in [0.717, 1.165) is 22.6 Å². The van der Waals surface area contributed by atoms with Crippen molar-refractivity contribution >= 4 is 23.8 Å². The van der Waals surface area contributed by atoms with Gasteiger partial charge in [0, 0.05) is 16.5 Å². The molecule has 0 bridgehead atoms. The summed E-state index contributed by atoms with van der Waals surface area (Å²) in [6, 6.07) is 7.74. The first-order chi connectivity index (χ1) is 8.49. The van der Waals surface area contributed by atoms with E-state index in [2.05, 4.69) is 23.8 Å². The van der Waals surface area contributed by atoms with Crippen molar-refractivity contribution in [2.75, 3.05) is 0 Å². The van der Waals surface area contributed by atoms with E-state index >= 15 is 0 Å². The molecule has 0 atom stereocenters. The van der Waals surface area contributed by atoms with Crippen molar-refractivity contribution in [1.29, 1.82) is 0 Å². The van der Waals surface area contributed by atoms with Gasteiger partial charge in [-0.3, -0.25) is 0 Å². The molecule has 94 valence electrons. The van der Waals surface area contributed by atoms with Crippen LogP contribution in [0, 0.1) is 11.6 Å². The highest BCUT2D eigenvalue weighted by Crippen LogP contribution is 2.25. The summed E-state index contributed by atoms with van der Waals surface area (Å²) >= 11 is 11.3. The molecular weight excluding hydrogens is 264 g/mol. The summed E-state index contributed by atoms with van der Waals surface area (Å²) in [5.41, 5.74) is 3.02. The molecule has 0 fully saturated rings. The molecule has 0 amide bonds. The average molecular weight is 279 g/mol. The fourth-order valence-corrected chi connectivity index (χ4v) is 2.15. The van der Waals surface area contributed by atoms with Crippen LogP contribution in [0.5, 0.6) is 0 Å². The number of aromatic amines is 1. The van der Waals surface area contributed by atoms with Crippen LogP contribution in [0.2, 0.25) is 5.02 Å². The molecule has 0 aliphatic rings. The highest BCUT2D eigenvalue weighted by Gasteiger charge is 2.09. The van der Waals surface area contributed by atoms with Crippen molar-refractivity contribution in [3.05, 3.63) is 45.3 Å². The van der Waals surface area contributed by atoms with Crippen LogP contribution in [0.15, 0.2) is 24.3 Å². The molecule has 2 aromatic rings. The Morgan fingerprint density at radius 3 is 2.67 bits per heavy atom. The molecule has 0 radical (unpaired) electrons. The Kier molecular flexibility index (Phi) is 3.83. The lowest BCUT2D eigenvalue weighted by atomic mass is 10.1. The Labute approximate surface area is 117 Å². The monoisotopic (exact) mass is 278 g/mol. The number of halogens is 1. The third kappa shape index (κ3) is 2.62. The van der Waals surface area contributed by atoms with Gasteiger partial charge in [-0.1, -0.05) is 49.8 Å². The highest BCUT2D eigenvalue weighted by molar-refractivity contribution is 7.71. The molecule has 0 spiro atoms. The molecule has 4 heteroatoms. The van der Waals surface area contributed by atoms with E-state index in [9.17, 15) is 0 Å². The molecule has 1 aromatic heterocycles. The van der Waals surface area contributed by atoms with Gasteiger partial charge in [-0.15, -0.1) is 0 Å². The van der Waals surface area contributed by atoms with Crippen LogP contribution in [0.25, 0.3) is 11.3 Å². The smallest absolute Gasteiger partial charge is 0.133 e. The molecule has 18 heavy (non-hydrogen) atoms. The second-order valence-electron chi connectivity index (χ2n) is 4.59. The zero-order valence-electron chi connectivity index (χ0n) is 10.6. The molecule has 1 N–H and O–H groups in total. The molecule has 1 aromatic carbocycles. The van der Waals surface area contributed by atoms with Crippen LogP contribution in [0.3, 0.4) is 0 Å². The third-order valence-corrected chi connectivity index (χ3v) is 3.46. The van der Waals surface area contributed by atoms with Crippen molar-refractivity contribution in [2.24, 2.45) is 0 Å². The van der Waals surface area contributed by atoms with Crippen molar-refractivity contribution in [1.82, 2.24) is 9.97 Å². The summed E-state index contributed by atoms with van der Waals surface area (Å²) in [7, 11) is 0. The quantitative estimate of drug-likeness (QED) is 0.792. The van der Waals surface area contributed by atoms with Crippen LogP contribution in [-0.2, 0) is 0 Å². The Hall–Kier alpha value is -1.19. The number of rotatable bonds is 2. The van der Waals surface area contributed by atoms with E-state index in [1.54, 1.807) is 0 Å². The summed E-state index contributed by atoms with van der Waals surface area (Å²) in [6.07, 6.45) is 0. The van der Waals surface area contributed by atoms with E-state index in [1.807, 2.05) is 31.2 Å². The lowest BCUT2D eigenvalue weighted by Gasteiger charge is -2.12. The summed E-state index contributed by atoms with van der Waals surface area (Å²) < 4.78 is 0.646. The third-order valence-electron chi connectivity index (χ3n) is 2.83. The molecule has 0 saturated heterocycles. The lowest BCUT2D eigenvalue weighted by molar-refractivity contribution is 0.770. The second-order valence-corrected chi connectivity index (χ2v) is 5.42. The van der Waals surface area contributed by atoms with Crippen LogP contribution in [0.1, 0.15) is 31.2 Å². The first kappa shape index (κ1) is 13.2. The van der Waals surface area contributed by atoms with E-state index < -0.39 is 0 Å². The average Bonchev–Trinajstić information content (AvgIpc) is 2.32. The van der Waals surface area contributed by atoms with Crippen molar-refractivity contribution in [2.45, 2.75) is 26.7 Å². The minimum atomic E-state index is 0.310. The van der Waals surface area contributed by atoms with Crippen molar-refractivity contribution < 1.29 is 0 Å². The normalized spacial score (nSPS) is 10.9. The fraction of sp³-hybridized carbons (Fsp3) is 0.286. The number of hydrogen-bond donors (Lipinski definition) is 1. The van der Waals surface area contributed by atoms with Crippen LogP contribution in [-0.4, -0.2) is 9.97 Å². The lowest BCUT2D eigenvalue weighted by Crippen LogP contribution is -2.02. The highest BCUT2D eigenvalue weighted by atomic mass is 35.5. The number of nitrogens with zero attached hydrogens (tertiary/aromatic N) is 1. The molecule has 0 unspecified atom stereocenters. The maximum atomic E-state index is 6.03. The maximum Gasteiger partial charge on any atom is 0.133 e. The van der Waals surface area contributed by atoms with Gasteiger partial charge >= 0.3 is 0 Å². The van der Waals surface area contributed by atoms with E-state index in [1.165, 1.54) is 0 Å². The minimum Gasteiger partial charge on any atom is -0.343 e. The molecule has 0 saturated carbocycles. The van der Waals surface area contributed by atoms with Gasteiger partial charge in [0.15, 0.2) is 0 Å². The summed E-state index contributed by atoms with van der Waals surface area (Å²) in [6.45, 7) is 6.15. The maximum absolute atomic E-state index is 6.03. The van der Waals surface area contributed by atoms with Gasteiger partial charge in [0.05, 0.1) is 5.69 Å². The van der Waals surface area contributed by atoms with E-state index in [0.29, 0.717) is 15.6 Å². The molecule has 2 rings (SSSR count).